The molecule has 0 spiro atoms. The number of esters is 1. The van der Waals surface area contributed by atoms with Gasteiger partial charge in [-0.15, -0.1) is 0 Å². The summed E-state index contributed by atoms with van der Waals surface area (Å²) in [6, 6.07) is 8.84. The number of likely N-dealkylation sites (N-methyl/N-ethyl adjacent to an activating group) is 2. The lowest BCUT2D eigenvalue weighted by Gasteiger charge is -2.72. The molecule has 9 unspecified atom stereocenters. The van der Waals surface area contributed by atoms with Crippen molar-refractivity contribution >= 4 is 17.7 Å². The molecule has 0 radical (unpaired) electrons. The first-order chi connectivity index (χ1) is 27.3. The first-order valence-corrected chi connectivity index (χ1v) is 23.1. The van der Waals surface area contributed by atoms with E-state index < -0.39 is 28.9 Å². The van der Waals surface area contributed by atoms with Crippen molar-refractivity contribution in [3.63, 3.8) is 0 Å². The van der Waals surface area contributed by atoms with E-state index in [9.17, 15) is 24.6 Å². The maximum atomic E-state index is 13.5. The molecule has 0 amide bonds. The molecule has 5 aliphatic carbocycles. The predicted octanol–water partition coefficient (Wildman–Crippen LogP) is 10.1. The minimum atomic E-state index is -1.15. The number of hydrogen-bond acceptors (Lipinski definition) is 7. The van der Waals surface area contributed by atoms with Crippen LogP contribution in [-0.4, -0.2) is 83.7 Å². The average Bonchev–Trinajstić information content (AvgIpc) is 3.46. The highest BCUT2D eigenvalue weighted by atomic mass is 16.5. The number of aliphatic hydroxyl groups excluding tert-OH is 1. The smallest absolute Gasteiger partial charge is 0.309 e. The molecular formula is C51H82N2O6. The van der Waals surface area contributed by atoms with E-state index >= 15 is 0 Å². The zero-order valence-electron chi connectivity index (χ0n) is 39.6. The molecule has 8 heteroatoms. The number of benzene rings is 1. The van der Waals surface area contributed by atoms with Gasteiger partial charge in [-0.1, -0.05) is 90.8 Å². The number of carboxylic acids is 1. The zero-order valence-corrected chi connectivity index (χ0v) is 39.6. The van der Waals surface area contributed by atoms with Crippen molar-refractivity contribution in [2.75, 3.05) is 33.7 Å². The lowest BCUT2D eigenvalue weighted by atomic mass is 9.33. The third-order valence-electron chi connectivity index (χ3n) is 17.5. The molecule has 0 aliphatic heterocycles. The maximum Gasteiger partial charge on any atom is 0.309 e. The standard InChI is InChI=1S/C37H58O6.C14H24N2/c1-21(2)29-24(39)19-37(22(3)38)18-17-35(9)23(30(29)37)11-12-26-34(8)15-14-27(43-28(40)20-32(4,5)31(41)42)33(6,7)25(34)13-16-36(26,35)10;1-5-16(11-10-15(3)4)12-14-8-6-13(2)7-9-14/h21-23,25-27,38H,11-20H2,1-10H3,(H,41,42);6-9H,5,10-12H2,1-4H3. The highest BCUT2D eigenvalue weighted by Crippen LogP contribution is 2.77. The molecule has 5 aliphatic rings. The number of aliphatic hydroxyl groups is 1. The molecule has 0 heterocycles. The number of allylic oxidation sites excluding steroid dienone is 1. The maximum absolute atomic E-state index is 13.5. The van der Waals surface area contributed by atoms with Gasteiger partial charge >= 0.3 is 11.9 Å². The molecule has 0 saturated heterocycles. The number of fused-ring (bicyclic) bond motifs is 7. The van der Waals surface area contributed by atoms with Crippen LogP contribution in [-0.2, 0) is 25.7 Å². The van der Waals surface area contributed by atoms with E-state index in [1.54, 1.807) is 13.8 Å². The van der Waals surface area contributed by atoms with Gasteiger partial charge < -0.3 is 19.8 Å². The normalized spacial score (nSPS) is 34.4. The third kappa shape index (κ3) is 8.63. The minimum Gasteiger partial charge on any atom is -0.481 e. The van der Waals surface area contributed by atoms with Gasteiger partial charge in [-0.3, -0.25) is 19.3 Å². The molecule has 1 aromatic rings. The summed E-state index contributed by atoms with van der Waals surface area (Å²) in [5.74, 6) is 0.290. The number of ether oxygens (including phenoxy) is 1. The van der Waals surface area contributed by atoms with Gasteiger partial charge in [0.25, 0.3) is 0 Å². The fourth-order valence-corrected chi connectivity index (χ4v) is 13.7. The van der Waals surface area contributed by atoms with E-state index in [2.05, 4.69) is 110 Å². The number of hydrogen-bond donors (Lipinski definition) is 2. The Morgan fingerprint density at radius 1 is 0.881 bits per heavy atom. The van der Waals surface area contributed by atoms with Gasteiger partial charge in [0.15, 0.2) is 5.78 Å². The number of nitrogens with zero attached hydrogens (tertiary/aromatic N) is 2. The Hall–Kier alpha value is -2.55. The molecule has 59 heavy (non-hydrogen) atoms. The number of carboxylic acid groups (broad SMARTS) is 1. The molecule has 0 bridgehead atoms. The van der Waals surface area contributed by atoms with Crippen molar-refractivity contribution in [1.82, 2.24) is 9.80 Å². The summed E-state index contributed by atoms with van der Waals surface area (Å²) >= 11 is 0. The van der Waals surface area contributed by atoms with Crippen LogP contribution in [0.4, 0.5) is 0 Å². The average molecular weight is 819 g/mol. The third-order valence-corrected chi connectivity index (χ3v) is 17.5. The van der Waals surface area contributed by atoms with Crippen LogP contribution in [0.2, 0.25) is 0 Å². The first kappa shape index (κ1) is 47.5. The van der Waals surface area contributed by atoms with Gasteiger partial charge in [0, 0.05) is 36.9 Å². The second-order valence-electron chi connectivity index (χ2n) is 22.4. The van der Waals surface area contributed by atoms with Gasteiger partial charge in [0.1, 0.15) is 6.10 Å². The lowest BCUT2D eigenvalue weighted by Crippen LogP contribution is -2.66. The highest BCUT2D eigenvalue weighted by Gasteiger charge is 2.70. The highest BCUT2D eigenvalue weighted by molar-refractivity contribution is 6.00. The molecule has 4 saturated carbocycles. The van der Waals surface area contributed by atoms with Crippen LogP contribution in [0.1, 0.15) is 151 Å². The van der Waals surface area contributed by atoms with E-state index in [1.807, 2.05) is 6.92 Å². The van der Waals surface area contributed by atoms with Crippen LogP contribution in [0.3, 0.4) is 0 Å². The number of Topliss-reactive ketones (excluding diaryl/α,β-unsaturated/α-hetero) is 1. The summed E-state index contributed by atoms with van der Waals surface area (Å²) in [5, 5.41) is 20.7. The lowest BCUT2D eigenvalue weighted by molar-refractivity contribution is -0.235. The van der Waals surface area contributed by atoms with Crippen molar-refractivity contribution < 1.29 is 29.3 Å². The van der Waals surface area contributed by atoms with Crippen LogP contribution in [0.5, 0.6) is 0 Å². The van der Waals surface area contributed by atoms with Crippen molar-refractivity contribution in [3.05, 3.63) is 46.5 Å². The summed E-state index contributed by atoms with van der Waals surface area (Å²) in [5.41, 5.74) is 3.59. The first-order valence-electron chi connectivity index (χ1n) is 23.1. The summed E-state index contributed by atoms with van der Waals surface area (Å²) in [7, 11) is 4.25. The van der Waals surface area contributed by atoms with Crippen LogP contribution in [0, 0.1) is 63.1 Å². The number of aryl methyl sites for hydroxylation is 1. The van der Waals surface area contributed by atoms with Gasteiger partial charge in [0.2, 0.25) is 0 Å². The zero-order chi connectivity index (χ0) is 44.1. The van der Waals surface area contributed by atoms with Crippen LogP contribution < -0.4 is 0 Å². The Labute approximate surface area is 358 Å². The SMILES string of the molecule is CC(C)C1=C2C3CCC4C5(C)CCC(OC(=O)CC(C)(C)C(=O)O)C(C)(C)C5CCC4(C)C3(C)CCC2(C(C)O)CC1=O.CCN(CCN(C)C)Cc1ccc(C)cc1. The fourth-order valence-electron chi connectivity index (χ4n) is 13.7. The molecule has 6 rings (SSSR count). The Bertz CT molecular complexity index is 1730. The molecule has 9 atom stereocenters. The summed E-state index contributed by atoms with van der Waals surface area (Å²) in [6.07, 6.45) is 7.70. The molecule has 1 aromatic carbocycles. The summed E-state index contributed by atoms with van der Waals surface area (Å²) < 4.78 is 6.11. The monoisotopic (exact) mass is 819 g/mol. The van der Waals surface area contributed by atoms with E-state index in [0.29, 0.717) is 24.2 Å². The Balaban J connectivity index is 0.000000348. The molecular weight excluding hydrogens is 737 g/mol. The predicted molar refractivity (Wildman–Crippen MR) is 238 cm³/mol. The molecule has 332 valence electrons. The van der Waals surface area contributed by atoms with Crippen molar-refractivity contribution in [2.24, 2.45) is 56.2 Å². The summed E-state index contributed by atoms with van der Waals surface area (Å²) in [6.45, 7) is 30.3. The minimum absolute atomic E-state index is 0.0538. The largest absolute Gasteiger partial charge is 0.481 e. The van der Waals surface area contributed by atoms with E-state index in [1.165, 1.54) is 16.7 Å². The van der Waals surface area contributed by atoms with Crippen LogP contribution in [0.15, 0.2) is 35.4 Å². The number of ketones is 1. The fraction of sp³-hybridized carbons (Fsp3) is 0.784. The number of carbonyl (C=O) groups is 3. The van der Waals surface area contributed by atoms with Crippen molar-refractivity contribution in [3.8, 4) is 0 Å². The van der Waals surface area contributed by atoms with Crippen LogP contribution in [0.25, 0.3) is 0 Å². The molecule has 8 nitrogen and oxygen atoms in total. The number of carbonyl (C=O) groups excluding carboxylic acids is 2. The second kappa shape index (κ2) is 17.3. The van der Waals surface area contributed by atoms with Gasteiger partial charge in [-0.25, -0.2) is 0 Å². The van der Waals surface area contributed by atoms with Gasteiger partial charge in [0.05, 0.1) is 17.9 Å². The van der Waals surface area contributed by atoms with Crippen LogP contribution >= 0.6 is 0 Å². The quantitative estimate of drug-likeness (QED) is 0.201. The van der Waals surface area contributed by atoms with E-state index in [4.69, 9.17) is 4.74 Å². The summed E-state index contributed by atoms with van der Waals surface area (Å²) in [4.78, 5) is 42.8. The Kier molecular flexibility index (Phi) is 13.9. The Morgan fingerprint density at radius 3 is 2.08 bits per heavy atom. The second-order valence-corrected chi connectivity index (χ2v) is 22.4. The van der Waals surface area contributed by atoms with Crippen molar-refractivity contribution in [1.29, 1.82) is 0 Å². The van der Waals surface area contributed by atoms with Gasteiger partial charge in [-0.2, -0.15) is 0 Å². The van der Waals surface area contributed by atoms with Gasteiger partial charge in [-0.05, 0) is 151 Å². The van der Waals surface area contributed by atoms with E-state index in [-0.39, 0.29) is 45.9 Å². The molecule has 4 fully saturated rings. The van der Waals surface area contributed by atoms with Crippen molar-refractivity contribution in [2.45, 2.75) is 166 Å². The topological polar surface area (TPSA) is 107 Å². The molecule has 2 N–H and O–H groups in total. The Morgan fingerprint density at radius 2 is 1.53 bits per heavy atom. The number of rotatable bonds is 12. The molecule has 0 aromatic heterocycles. The van der Waals surface area contributed by atoms with E-state index in [0.717, 1.165) is 83.1 Å². The number of aliphatic carboxylic acids is 1.